The number of fused-ring (bicyclic) bond motifs is 1. The summed E-state index contributed by atoms with van der Waals surface area (Å²) < 4.78 is 5.67. The number of rotatable bonds is 3. The average Bonchev–Trinajstić information content (AvgIpc) is 2.36. The highest BCUT2D eigenvalue weighted by atomic mass is 35.5. The van der Waals surface area contributed by atoms with E-state index in [0.717, 1.165) is 36.4 Å². The second-order valence-electron chi connectivity index (χ2n) is 4.74. The lowest BCUT2D eigenvalue weighted by Crippen LogP contribution is -2.36. The Hall–Kier alpha value is -1.22. The number of ether oxygens (including phenoxy) is 1. The number of hydrogen-bond donors (Lipinski definition) is 0. The number of anilines is 1. The van der Waals surface area contributed by atoms with Gasteiger partial charge < -0.3 is 9.64 Å². The monoisotopic (exact) mass is 267 g/mol. The predicted molar refractivity (Wildman–Crippen MR) is 73.6 cm³/mol. The van der Waals surface area contributed by atoms with Crippen LogP contribution in [0.4, 0.5) is 5.69 Å². The maximum atomic E-state index is 11.8. The van der Waals surface area contributed by atoms with Crippen LogP contribution in [0.1, 0.15) is 25.8 Å². The molecule has 0 bridgehead atoms. The lowest BCUT2D eigenvalue weighted by atomic mass is 10.0. The summed E-state index contributed by atoms with van der Waals surface area (Å²) in [5.74, 6) is 0.864. The zero-order valence-corrected chi connectivity index (χ0v) is 11.5. The molecule has 0 N–H and O–H groups in total. The first kappa shape index (κ1) is 13.2. The summed E-state index contributed by atoms with van der Waals surface area (Å²) in [5.41, 5.74) is 2.14. The summed E-state index contributed by atoms with van der Waals surface area (Å²) in [4.78, 5) is 13.5. The number of carbonyl (C=O) groups is 1. The number of aryl methyl sites for hydroxylation is 1. The van der Waals surface area contributed by atoms with E-state index in [4.69, 9.17) is 16.3 Å². The minimum atomic E-state index is -0.0323. The zero-order valence-electron chi connectivity index (χ0n) is 10.8. The van der Waals surface area contributed by atoms with Gasteiger partial charge in [0.2, 0.25) is 5.91 Å². The number of amides is 1. The van der Waals surface area contributed by atoms with Crippen LogP contribution >= 0.6 is 11.6 Å². The van der Waals surface area contributed by atoms with Crippen molar-refractivity contribution in [2.24, 2.45) is 0 Å². The van der Waals surface area contributed by atoms with E-state index in [2.05, 4.69) is 0 Å². The van der Waals surface area contributed by atoms with Crippen LogP contribution in [0.2, 0.25) is 0 Å². The summed E-state index contributed by atoms with van der Waals surface area (Å²) in [6.45, 7) is 4.76. The van der Waals surface area contributed by atoms with Crippen molar-refractivity contribution in [2.75, 3.05) is 17.3 Å². The van der Waals surface area contributed by atoms with Crippen molar-refractivity contribution < 1.29 is 9.53 Å². The Bertz CT molecular complexity index is 445. The molecule has 0 spiro atoms. The molecule has 0 saturated heterocycles. The molecule has 18 heavy (non-hydrogen) atoms. The summed E-state index contributed by atoms with van der Waals surface area (Å²) >= 11 is 5.64. The number of hydrogen-bond acceptors (Lipinski definition) is 2. The normalized spacial score (nSPS) is 14.6. The van der Waals surface area contributed by atoms with Crippen molar-refractivity contribution >= 4 is 23.2 Å². The Morgan fingerprint density at radius 1 is 1.50 bits per heavy atom. The number of halogens is 1. The van der Waals surface area contributed by atoms with Gasteiger partial charge in [0, 0.05) is 12.2 Å². The molecular weight excluding hydrogens is 250 g/mol. The molecule has 98 valence electrons. The van der Waals surface area contributed by atoms with Gasteiger partial charge >= 0.3 is 0 Å². The van der Waals surface area contributed by atoms with Crippen LogP contribution in [0.3, 0.4) is 0 Å². The van der Waals surface area contributed by atoms with E-state index in [0.29, 0.717) is 0 Å². The topological polar surface area (TPSA) is 29.5 Å². The molecule has 1 aliphatic rings. The minimum Gasteiger partial charge on any atom is -0.491 e. The van der Waals surface area contributed by atoms with Crippen LogP contribution in [0, 0.1) is 0 Å². The predicted octanol–water partition coefficient (Wildman–Crippen LogP) is 2.99. The minimum absolute atomic E-state index is 0.0314. The average molecular weight is 268 g/mol. The molecule has 0 fully saturated rings. The summed E-state index contributed by atoms with van der Waals surface area (Å²) in [7, 11) is 0. The van der Waals surface area contributed by atoms with Gasteiger partial charge in [0.25, 0.3) is 0 Å². The second kappa shape index (κ2) is 5.61. The Balaban J connectivity index is 2.27. The molecule has 0 unspecified atom stereocenters. The Morgan fingerprint density at radius 3 is 2.94 bits per heavy atom. The Labute approximate surface area is 113 Å². The molecule has 3 nitrogen and oxygen atoms in total. The van der Waals surface area contributed by atoms with E-state index in [1.807, 2.05) is 32.0 Å². The van der Waals surface area contributed by atoms with E-state index >= 15 is 0 Å². The van der Waals surface area contributed by atoms with E-state index in [9.17, 15) is 4.79 Å². The highest BCUT2D eigenvalue weighted by Crippen LogP contribution is 2.31. The first-order valence-electron chi connectivity index (χ1n) is 6.27. The molecule has 1 aromatic carbocycles. The second-order valence-corrected chi connectivity index (χ2v) is 5.01. The van der Waals surface area contributed by atoms with Crippen molar-refractivity contribution in [1.82, 2.24) is 0 Å². The number of benzene rings is 1. The molecular formula is C14H18ClNO2. The zero-order chi connectivity index (χ0) is 13.1. The fourth-order valence-electron chi connectivity index (χ4n) is 2.25. The Morgan fingerprint density at radius 2 is 2.28 bits per heavy atom. The van der Waals surface area contributed by atoms with Crippen molar-refractivity contribution in [1.29, 1.82) is 0 Å². The maximum Gasteiger partial charge on any atom is 0.241 e. The lowest BCUT2D eigenvalue weighted by molar-refractivity contribution is -0.116. The van der Waals surface area contributed by atoms with Crippen molar-refractivity contribution in [3.05, 3.63) is 23.8 Å². The van der Waals surface area contributed by atoms with Gasteiger partial charge in [0.1, 0.15) is 11.6 Å². The number of carbonyl (C=O) groups excluding carboxylic acids is 1. The molecule has 1 aliphatic heterocycles. The fraction of sp³-hybridized carbons (Fsp3) is 0.500. The van der Waals surface area contributed by atoms with E-state index in [1.54, 1.807) is 4.90 Å². The van der Waals surface area contributed by atoms with Gasteiger partial charge in [0.15, 0.2) is 0 Å². The van der Waals surface area contributed by atoms with Crippen LogP contribution < -0.4 is 9.64 Å². The molecule has 1 aromatic rings. The van der Waals surface area contributed by atoms with Crippen molar-refractivity contribution in [3.63, 3.8) is 0 Å². The Kier molecular flexibility index (Phi) is 4.12. The summed E-state index contributed by atoms with van der Waals surface area (Å²) in [6, 6.07) is 5.90. The van der Waals surface area contributed by atoms with E-state index in [-0.39, 0.29) is 17.9 Å². The van der Waals surface area contributed by atoms with Gasteiger partial charge in [-0.25, -0.2) is 0 Å². The molecule has 0 saturated carbocycles. The maximum absolute atomic E-state index is 11.8. The molecule has 1 heterocycles. The summed E-state index contributed by atoms with van der Waals surface area (Å²) in [5, 5.41) is 0. The third-order valence-electron chi connectivity index (χ3n) is 2.96. The smallest absolute Gasteiger partial charge is 0.241 e. The van der Waals surface area contributed by atoms with Gasteiger partial charge in [-0.15, -0.1) is 11.6 Å². The molecule has 0 radical (unpaired) electrons. The fourth-order valence-corrected chi connectivity index (χ4v) is 2.39. The van der Waals surface area contributed by atoms with Gasteiger partial charge in [0.05, 0.1) is 6.10 Å². The highest BCUT2D eigenvalue weighted by Gasteiger charge is 2.22. The van der Waals surface area contributed by atoms with Gasteiger partial charge in [-0.2, -0.15) is 0 Å². The van der Waals surface area contributed by atoms with Crippen molar-refractivity contribution in [2.45, 2.75) is 32.8 Å². The third-order valence-corrected chi connectivity index (χ3v) is 3.19. The van der Waals surface area contributed by atoms with Crippen LogP contribution in [-0.2, 0) is 11.2 Å². The quantitative estimate of drug-likeness (QED) is 0.788. The summed E-state index contributed by atoms with van der Waals surface area (Å²) in [6.07, 6.45) is 2.12. The molecule has 0 aliphatic carbocycles. The largest absolute Gasteiger partial charge is 0.491 e. The van der Waals surface area contributed by atoms with Crippen LogP contribution in [-0.4, -0.2) is 24.4 Å². The lowest BCUT2D eigenvalue weighted by Gasteiger charge is -2.29. The molecule has 4 heteroatoms. The molecule has 1 amide bonds. The third kappa shape index (κ3) is 2.78. The first-order valence-corrected chi connectivity index (χ1v) is 6.81. The van der Waals surface area contributed by atoms with E-state index < -0.39 is 0 Å². The highest BCUT2D eigenvalue weighted by molar-refractivity contribution is 6.29. The van der Waals surface area contributed by atoms with Crippen LogP contribution in [0.5, 0.6) is 5.75 Å². The molecule has 0 aromatic heterocycles. The van der Waals surface area contributed by atoms with Crippen LogP contribution in [0.25, 0.3) is 0 Å². The van der Waals surface area contributed by atoms with Crippen molar-refractivity contribution in [3.8, 4) is 5.75 Å². The van der Waals surface area contributed by atoms with Gasteiger partial charge in [-0.05, 0) is 50.5 Å². The van der Waals surface area contributed by atoms with E-state index in [1.165, 1.54) is 0 Å². The standard InChI is InChI=1S/C14H18ClNO2/c1-10(2)18-12-5-6-13-11(8-12)4-3-7-16(13)14(17)9-15/h5-6,8,10H,3-4,7,9H2,1-2H3. The first-order chi connectivity index (χ1) is 8.61. The number of alkyl halides is 1. The number of nitrogens with zero attached hydrogens (tertiary/aromatic N) is 1. The van der Waals surface area contributed by atoms with Gasteiger partial charge in [-0.3, -0.25) is 4.79 Å². The molecule has 2 rings (SSSR count). The van der Waals surface area contributed by atoms with Crippen LogP contribution in [0.15, 0.2) is 18.2 Å². The van der Waals surface area contributed by atoms with Gasteiger partial charge in [-0.1, -0.05) is 0 Å². The molecule has 0 atom stereocenters. The SMILES string of the molecule is CC(C)Oc1ccc2c(c1)CCCN2C(=O)CCl.